The minimum Gasteiger partial charge on any atom is -0.323 e. The van der Waals surface area contributed by atoms with Gasteiger partial charge in [-0.1, -0.05) is 12.8 Å². The molecule has 0 aromatic rings. The average molecular weight is 483 g/mol. The first kappa shape index (κ1) is 18.8. The Bertz CT molecular complexity index is 343. The predicted molar refractivity (Wildman–Crippen MR) is 72.5 cm³/mol. The smallest absolute Gasteiger partial charge is 0.323 e. The van der Waals surface area contributed by atoms with Crippen LogP contribution in [0.3, 0.4) is 0 Å². The summed E-state index contributed by atoms with van der Waals surface area (Å²) >= 11 is 0. The molecule has 2 aliphatic rings. The van der Waals surface area contributed by atoms with Gasteiger partial charge in [0.2, 0.25) is 0 Å². The molecule has 8 nitrogen and oxygen atoms in total. The molecule has 0 radical (unpaired) electrons. The van der Waals surface area contributed by atoms with Crippen molar-refractivity contribution in [2.24, 2.45) is 22.9 Å². The molecule has 4 unspecified atom stereocenters. The summed E-state index contributed by atoms with van der Waals surface area (Å²) in [5.74, 6) is 0. The van der Waals surface area contributed by atoms with Gasteiger partial charge in [0.05, 0.1) is 12.1 Å². The van der Waals surface area contributed by atoms with Crippen LogP contribution < -0.4 is 22.9 Å². The van der Waals surface area contributed by atoms with Crippen LogP contribution in [-0.4, -0.2) is 28.6 Å². The largest absolute Gasteiger partial charge is 0.481 e. The summed E-state index contributed by atoms with van der Waals surface area (Å²) in [7, 11) is 0. The fourth-order valence-corrected chi connectivity index (χ4v) is 2.91. The van der Waals surface area contributed by atoms with Crippen molar-refractivity contribution in [3.05, 3.63) is 4.91 Å². The second-order valence-electron chi connectivity index (χ2n) is 6.02. The molecule has 4 atom stereocenters. The van der Waals surface area contributed by atoms with Crippen LogP contribution in [0.4, 0.5) is 0 Å². The van der Waals surface area contributed by atoms with Crippen LogP contribution >= 0.6 is 0 Å². The van der Waals surface area contributed by atoms with Crippen molar-refractivity contribution in [1.29, 1.82) is 0 Å². The Morgan fingerprint density at radius 2 is 1.24 bits per heavy atom. The third kappa shape index (κ3) is 4.36. The molecular formula is C12H26N5O3Pt+. The Morgan fingerprint density at radius 1 is 0.857 bits per heavy atom. The summed E-state index contributed by atoms with van der Waals surface area (Å²) in [6, 6.07) is -0.796. The fraction of sp³-hybridized carbons (Fsp3) is 1.00. The van der Waals surface area contributed by atoms with E-state index >= 15 is 0 Å². The van der Waals surface area contributed by atoms with E-state index in [2.05, 4.69) is 0 Å². The standard InChI is InChI=1S/C12H26N5O3.Pt/c13-9-5-1-3-7-11(9,15)19-17(18)20-12(16)8-4-2-6-10(12)14;/h9-10H,1-8,13-16H2;/q+1;. The molecule has 9 heteroatoms. The van der Waals surface area contributed by atoms with Crippen molar-refractivity contribution in [1.82, 2.24) is 0 Å². The van der Waals surface area contributed by atoms with Crippen molar-refractivity contribution in [3.63, 3.8) is 0 Å². The van der Waals surface area contributed by atoms with E-state index in [1.165, 1.54) is 0 Å². The van der Waals surface area contributed by atoms with Crippen molar-refractivity contribution in [3.8, 4) is 0 Å². The monoisotopic (exact) mass is 483 g/mol. The maximum Gasteiger partial charge on any atom is 0.481 e. The molecule has 8 N–H and O–H groups in total. The maximum atomic E-state index is 11.9. The van der Waals surface area contributed by atoms with Crippen LogP contribution in [0.2, 0.25) is 0 Å². The van der Waals surface area contributed by atoms with Gasteiger partial charge in [-0.3, -0.25) is 11.5 Å². The Balaban J connectivity index is 0.00000220. The van der Waals surface area contributed by atoms with Gasteiger partial charge < -0.3 is 11.5 Å². The maximum absolute atomic E-state index is 11.9. The number of hydrogen-bond acceptors (Lipinski definition) is 7. The quantitative estimate of drug-likeness (QED) is 0.319. The van der Waals surface area contributed by atoms with Gasteiger partial charge in [-0.15, -0.1) is 0 Å². The fourth-order valence-electron chi connectivity index (χ4n) is 2.91. The first-order valence-electron chi connectivity index (χ1n) is 7.30. The van der Waals surface area contributed by atoms with E-state index < -0.39 is 23.5 Å². The molecule has 126 valence electrons. The van der Waals surface area contributed by atoms with E-state index in [4.69, 9.17) is 32.6 Å². The van der Waals surface area contributed by atoms with Crippen LogP contribution in [0.1, 0.15) is 51.4 Å². The summed E-state index contributed by atoms with van der Waals surface area (Å²) in [4.78, 5) is 22.2. The van der Waals surface area contributed by atoms with E-state index in [1.807, 2.05) is 0 Å². The van der Waals surface area contributed by atoms with Crippen molar-refractivity contribution in [2.45, 2.75) is 74.9 Å². The normalized spacial score (nSPS) is 40.0. The van der Waals surface area contributed by atoms with Crippen LogP contribution in [-0.2, 0) is 30.7 Å². The number of nitrogens with zero attached hydrogens (tertiary/aromatic N) is 1. The van der Waals surface area contributed by atoms with Crippen molar-refractivity contribution in [2.75, 3.05) is 0 Å². The summed E-state index contributed by atoms with van der Waals surface area (Å²) in [5, 5.41) is 0.0103. The molecule has 2 fully saturated rings. The Hall–Kier alpha value is -0.272. The molecule has 2 rings (SSSR count). The molecule has 0 spiro atoms. The topological polar surface area (TPSA) is 143 Å². The van der Waals surface area contributed by atoms with Gasteiger partial charge in [-0.2, -0.15) is 9.68 Å². The molecule has 0 aliphatic heterocycles. The third-order valence-corrected chi connectivity index (χ3v) is 4.41. The molecule has 21 heavy (non-hydrogen) atoms. The Kier molecular flexibility index (Phi) is 6.55. The zero-order valence-electron chi connectivity index (χ0n) is 12.1. The third-order valence-electron chi connectivity index (χ3n) is 4.41. The minimum absolute atomic E-state index is 0. The molecule has 0 heterocycles. The van der Waals surface area contributed by atoms with Gasteiger partial charge in [0, 0.05) is 33.9 Å². The first-order chi connectivity index (χ1) is 9.36. The van der Waals surface area contributed by atoms with E-state index in [0.29, 0.717) is 12.8 Å². The zero-order chi connectivity index (χ0) is 14.8. The van der Waals surface area contributed by atoms with Gasteiger partial charge in [-0.05, 0) is 25.7 Å². The molecular weight excluding hydrogens is 457 g/mol. The number of nitrogens with two attached hydrogens (primary N) is 4. The molecule has 2 saturated carbocycles. The van der Waals surface area contributed by atoms with Gasteiger partial charge in [0.1, 0.15) is 4.91 Å². The summed E-state index contributed by atoms with van der Waals surface area (Å²) in [6.07, 6.45) is 6.16. The number of hydrogen-bond donors (Lipinski definition) is 4. The van der Waals surface area contributed by atoms with Crippen LogP contribution in [0, 0.1) is 4.91 Å². The van der Waals surface area contributed by atoms with Gasteiger partial charge in [0.15, 0.2) is 0 Å². The zero-order valence-corrected chi connectivity index (χ0v) is 14.4. The van der Waals surface area contributed by atoms with Gasteiger partial charge in [-0.25, -0.2) is 0 Å². The van der Waals surface area contributed by atoms with Gasteiger partial charge >= 0.3 is 5.09 Å². The van der Waals surface area contributed by atoms with E-state index in [9.17, 15) is 4.91 Å². The van der Waals surface area contributed by atoms with E-state index in [-0.39, 0.29) is 26.2 Å². The number of rotatable bonds is 4. The summed E-state index contributed by atoms with van der Waals surface area (Å²) in [5.41, 5.74) is 21.5. The molecule has 0 aromatic carbocycles. The second kappa shape index (κ2) is 7.33. The molecule has 2 aliphatic carbocycles. The summed E-state index contributed by atoms with van der Waals surface area (Å²) < 4.78 is 0. The second-order valence-corrected chi connectivity index (χ2v) is 6.02. The van der Waals surface area contributed by atoms with Crippen molar-refractivity contribution < 1.29 is 35.8 Å². The molecule has 0 amide bonds. The Labute approximate surface area is 139 Å². The molecule has 0 aromatic heterocycles. The van der Waals surface area contributed by atoms with Crippen molar-refractivity contribution >= 4 is 0 Å². The molecule has 0 saturated heterocycles. The van der Waals surface area contributed by atoms with Crippen LogP contribution in [0.25, 0.3) is 0 Å². The van der Waals surface area contributed by atoms with Gasteiger partial charge in [0.25, 0.3) is 11.4 Å². The molecule has 0 bridgehead atoms. The van der Waals surface area contributed by atoms with Crippen LogP contribution in [0.15, 0.2) is 0 Å². The van der Waals surface area contributed by atoms with Crippen LogP contribution in [0.5, 0.6) is 0 Å². The first-order valence-corrected chi connectivity index (χ1v) is 7.30. The Morgan fingerprint density at radius 3 is 1.57 bits per heavy atom. The van der Waals surface area contributed by atoms with E-state index in [1.54, 1.807) is 0 Å². The average Bonchev–Trinajstić information content (AvgIpc) is 2.36. The van der Waals surface area contributed by atoms with E-state index in [0.717, 1.165) is 38.5 Å². The SMILES string of the molecule is NC1CCCCC1(N)O[N+](=O)OC1(N)CCCCC1N.[Pt]. The predicted octanol–water partition coefficient (Wildman–Crippen LogP) is -0.261. The summed E-state index contributed by atoms with van der Waals surface area (Å²) in [6.45, 7) is 0. The minimum atomic E-state index is -1.20.